The van der Waals surface area contributed by atoms with E-state index in [0.29, 0.717) is 23.9 Å². The van der Waals surface area contributed by atoms with Crippen molar-refractivity contribution in [3.05, 3.63) is 54.4 Å². The molecule has 1 aliphatic carbocycles. The van der Waals surface area contributed by atoms with Gasteiger partial charge in [-0.3, -0.25) is 9.78 Å². The van der Waals surface area contributed by atoms with Crippen molar-refractivity contribution < 1.29 is 9.53 Å². The smallest absolute Gasteiger partial charge is 0.270 e. The van der Waals surface area contributed by atoms with E-state index in [0.717, 1.165) is 25.0 Å². The van der Waals surface area contributed by atoms with Crippen LogP contribution in [0, 0.1) is 5.92 Å². The highest BCUT2D eigenvalue weighted by Gasteiger charge is 2.26. The molecule has 2 aromatic rings. The van der Waals surface area contributed by atoms with Gasteiger partial charge in [0.05, 0.1) is 0 Å². The van der Waals surface area contributed by atoms with Gasteiger partial charge in [0, 0.05) is 18.3 Å². The number of nitrogens with zero attached hydrogens (tertiary/aromatic N) is 1. The van der Waals surface area contributed by atoms with E-state index in [1.165, 1.54) is 6.42 Å². The lowest BCUT2D eigenvalue weighted by Gasteiger charge is -2.31. The van der Waals surface area contributed by atoms with Crippen LogP contribution in [-0.2, 0) is 0 Å². The van der Waals surface area contributed by atoms with Crippen LogP contribution in [0.15, 0.2) is 48.7 Å². The number of nitrogens with one attached hydrogen (secondary N) is 1. The minimum Gasteiger partial charge on any atom is -0.457 e. The summed E-state index contributed by atoms with van der Waals surface area (Å²) in [5.74, 6) is 1.51. The maximum Gasteiger partial charge on any atom is 0.270 e. The van der Waals surface area contributed by atoms with Gasteiger partial charge in [-0.05, 0) is 43.5 Å². The summed E-state index contributed by atoms with van der Waals surface area (Å²) in [6.07, 6.45) is 5.97. The molecular formula is C19H23N3O2. The van der Waals surface area contributed by atoms with Crippen LogP contribution in [0.25, 0.3) is 0 Å². The van der Waals surface area contributed by atoms with E-state index in [2.05, 4.69) is 10.3 Å². The second-order valence-corrected chi connectivity index (χ2v) is 6.15. The van der Waals surface area contributed by atoms with Gasteiger partial charge in [-0.15, -0.1) is 0 Å². The average molecular weight is 325 g/mol. The first-order valence-electron chi connectivity index (χ1n) is 8.46. The quantitative estimate of drug-likeness (QED) is 0.885. The molecule has 1 saturated carbocycles. The molecule has 1 fully saturated rings. The highest BCUT2D eigenvalue weighted by Crippen LogP contribution is 2.24. The number of carbonyl (C=O) groups excluding carboxylic acids is 1. The summed E-state index contributed by atoms with van der Waals surface area (Å²) in [6.45, 7) is 0.607. The molecule has 1 heterocycles. The highest BCUT2D eigenvalue weighted by atomic mass is 16.5. The zero-order valence-corrected chi connectivity index (χ0v) is 13.7. The zero-order chi connectivity index (χ0) is 16.8. The van der Waals surface area contributed by atoms with Crippen molar-refractivity contribution in [1.82, 2.24) is 10.3 Å². The van der Waals surface area contributed by atoms with Crippen molar-refractivity contribution in [2.75, 3.05) is 6.54 Å². The molecule has 2 atom stereocenters. The molecule has 5 nitrogen and oxygen atoms in total. The van der Waals surface area contributed by atoms with Crippen molar-refractivity contribution in [1.29, 1.82) is 0 Å². The van der Waals surface area contributed by atoms with Crippen LogP contribution in [-0.4, -0.2) is 23.5 Å². The number of rotatable bonds is 5. The van der Waals surface area contributed by atoms with Crippen LogP contribution in [0.5, 0.6) is 11.5 Å². The molecule has 0 spiro atoms. The minimum absolute atomic E-state index is 0.136. The van der Waals surface area contributed by atoms with E-state index >= 15 is 0 Å². The van der Waals surface area contributed by atoms with Crippen molar-refractivity contribution in [3.8, 4) is 11.5 Å². The molecular weight excluding hydrogens is 302 g/mol. The fourth-order valence-electron chi connectivity index (χ4n) is 3.15. The third kappa shape index (κ3) is 4.11. The Bertz CT molecular complexity index is 675. The summed E-state index contributed by atoms with van der Waals surface area (Å²) >= 11 is 0. The predicted molar refractivity (Wildman–Crippen MR) is 93.0 cm³/mol. The first kappa shape index (κ1) is 16.5. The molecule has 2 unspecified atom stereocenters. The van der Waals surface area contributed by atoms with E-state index in [1.54, 1.807) is 18.3 Å². The van der Waals surface area contributed by atoms with Crippen LogP contribution in [0.2, 0.25) is 0 Å². The molecule has 3 rings (SSSR count). The highest BCUT2D eigenvalue weighted by molar-refractivity contribution is 5.92. The van der Waals surface area contributed by atoms with Crippen molar-refractivity contribution in [2.45, 2.75) is 31.7 Å². The Hall–Kier alpha value is -2.40. The molecule has 0 saturated heterocycles. The SMILES string of the molecule is NCC1CCCCC1NC(=O)c1cc(Oc2ccccc2)ccn1. The Morgan fingerprint density at radius 3 is 2.75 bits per heavy atom. The molecule has 1 aliphatic rings. The predicted octanol–water partition coefficient (Wildman–Crippen LogP) is 3.12. The fraction of sp³-hybridized carbons (Fsp3) is 0.368. The number of hydrogen-bond acceptors (Lipinski definition) is 4. The Labute approximate surface area is 142 Å². The van der Waals surface area contributed by atoms with E-state index in [4.69, 9.17) is 10.5 Å². The van der Waals surface area contributed by atoms with Crippen molar-refractivity contribution >= 4 is 5.91 Å². The Balaban J connectivity index is 1.67. The number of nitrogens with two attached hydrogens (primary N) is 1. The normalized spacial score (nSPS) is 20.4. The second kappa shape index (κ2) is 7.93. The molecule has 0 aliphatic heterocycles. The minimum atomic E-state index is -0.168. The number of amides is 1. The molecule has 24 heavy (non-hydrogen) atoms. The zero-order valence-electron chi connectivity index (χ0n) is 13.7. The Morgan fingerprint density at radius 2 is 1.96 bits per heavy atom. The Kier molecular flexibility index (Phi) is 5.43. The molecule has 1 aromatic carbocycles. The number of hydrogen-bond donors (Lipinski definition) is 2. The van der Waals surface area contributed by atoms with Crippen LogP contribution in [0.1, 0.15) is 36.2 Å². The molecule has 1 aromatic heterocycles. The number of aromatic nitrogens is 1. The van der Waals surface area contributed by atoms with E-state index in [1.807, 2.05) is 30.3 Å². The molecule has 126 valence electrons. The monoisotopic (exact) mass is 325 g/mol. The average Bonchev–Trinajstić information content (AvgIpc) is 2.63. The molecule has 3 N–H and O–H groups in total. The summed E-state index contributed by atoms with van der Waals surface area (Å²) in [5.41, 5.74) is 6.20. The summed E-state index contributed by atoms with van der Waals surface area (Å²) in [6, 6.07) is 13.0. The number of benzene rings is 1. The van der Waals surface area contributed by atoms with E-state index in [-0.39, 0.29) is 11.9 Å². The van der Waals surface area contributed by atoms with Gasteiger partial charge in [-0.1, -0.05) is 31.0 Å². The molecule has 0 bridgehead atoms. The van der Waals surface area contributed by atoms with Crippen LogP contribution in [0.3, 0.4) is 0 Å². The maximum absolute atomic E-state index is 12.5. The van der Waals surface area contributed by atoms with Gasteiger partial charge in [0.15, 0.2) is 0 Å². The summed E-state index contributed by atoms with van der Waals surface area (Å²) in [7, 11) is 0. The van der Waals surface area contributed by atoms with Crippen molar-refractivity contribution in [2.24, 2.45) is 11.7 Å². The first-order valence-corrected chi connectivity index (χ1v) is 8.46. The summed E-state index contributed by atoms with van der Waals surface area (Å²) in [5, 5.41) is 3.09. The van der Waals surface area contributed by atoms with Gasteiger partial charge in [-0.2, -0.15) is 0 Å². The van der Waals surface area contributed by atoms with Crippen molar-refractivity contribution in [3.63, 3.8) is 0 Å². The molecule has 1 amide bonds. The number of carbonyl (C=O) groups is 1. The van der Waals surface area contributed by atoms with Crippen LogP contribution >= 0.6 is 0 Å². The van der Waals surface area contributed by atoms with Gasteiger partial charge in [-0.25, -0.2) is 0 Å². The summed E-state index contributed by atoms with van der Waals surface area (Å²) < 4.78 is 5.76. The third-order valence-electron chi connectivity index (χ3n) is 4.47. The van der Waals surface area contributed by atoms with Crippen LogP contribution < -0.4 is 15.8 Å². The number of ether oxygens (including phenoxy) is 1. The second-order valence-electron chi connectivity index (χ2n) is 6.15. The summed E-state index contributed by atoms with van der Waals surface area (Å²) in [4.78, 5) is 16.7. The van der Waals surface area contributed by atoms with Gasteiger partial charge < -0.3 is 15.8 Å². The van der Waals surface area contributed by atoms with E-state index < -0.39 is 0 Å². The maximum atomic E-state index is 12.5. The van der Waals surface area contributed by atoms with Gasteiger partial charge >= 0.3 is 0 Å². The lowest BCUT2D eigenvalue weighted by molar-refractivity contribution is 0.0902. The number of pyridine rings is 1. The molecule has 0 radical (unpaired) electrons. The molecule has 5 heteroatoms. The van der Waals surface area contributed by atoms with Gasteiger partial charge in [0.25, 0.3) is 5.91 Å². The Morgan fingerprint density at radius 1 is 1.17 bits per heavy atom. The lowest BCUT2D eigenvalue weighted by Crippen LogP contribution is -2.44. The lowest BCUT2D eigenvalue weighted by atomic mass is 9.84. The fourth-order valence-corrected chi connectivity index (χ4v) is 3.15. The van der Waals surface area contributed by atoms with Gasteiger partial charge in [0.1, 0.15) is 17.2 Å². The standard InChI is InChI=1S/C19H23N3O2/c20-13-14-6-4-5-9-17(14)22-19(23)18-12-16(10-11-21-18)24-15-7-2-1-3-8-15/h1-3,7-8,10-12,14,17H,4-6,9,13,20H2,(H,22,23). The topological polar surface area (TPSA) is 77.2 Å². The van der Waals surface area contributed by atoms with Gasteiger partial charge in [0.2, 0.25) is 0 Å². The number of para-hydroxylation sites is 1. The van der Waals surface area contributed by atoms with E-state index in [9.17, 15) is 4.79 Å². The largest absolute Gasteiger partial charge is 0.457 e. The third-order valence-corrected chi connectivity index (χ3v) is 4.47. The first-order chi connectivity index (χ1) is 11.8. The van der Waals surface area contributed by atoms with Crippen LogP contribution in [0.4, 0.5) is 0 Å².